The quantitative estimate of drug-likeness (QED) is 0.204. The number of rotatable bonds is 9. The molecule has 12 aliphatic carbocycles. The van der Waals surface area contributed by atoms with Crippen LogP contribution in [-0.4, -0.2) is 84.5 Å². The summed E-state index contributed by atoms with van der Waals surface area (Å²) < 4.78 is 91.1. The molecule has 1 spiro atoms. The van der Waals surface area contributed by atoms with Crippen molar-refractivity contribution in [2.75, 3.05) is 13.2 Å². The van der Waals surface area contributed by atoms with Gasteiger partial charge in [-0.1, -0.05) is 0 Å². The standard InChI is InChI=1S/C37H44F2O13S/c38-37(39,53(45,46)47)32(44)52-35-7-18-3-23(12-35)36(24(4-18)13-35)50-26(15-48-30(42)33-6-17-1-20(9-33)28(40)21(2-17)10-33)27(51-36)16-49-31(43)34-8-19-5-22(11-34)29(41)25(19)14-34/h17-27H,1-16H2,(H,45,46,47). The molecule has 0 radical (unpaired) electrons. The SMILES string of the molecule is O=C1C2CC3CC1CC(C(=O)OCC1OC4(OC1COC(=O)C15CC6CC(C1)C(C5)C6=O)C1CC5CC4CC(OC(=O)C(F)(F)S(=O)(=O)O)(C5)C1)(C3)C2. The van der Waals surface area contributed by atoms with E-state index in [0.29, 0.717) is 57.3 Å². The highest BCUT2D eigenvalue weighted by Gasteiger charge is 2.71. The molecule has 13 rings (SSSR count). The molecule has 10 atom stereocenters. The molecule has 1 heterocycles. The summed E-state index contributed by atoms with van der Waals surface area (Å²) >= 11 is 0. The lowest BCUT2D eigenvalue weighted by molar-refractivity contribution is -0.326. The summed E-state index contributed by atoms with van der Waals surface area (Å²) in [7, 11) is -6.06. The molecule has 0 aromatic heterocycles. The monoisotopic (exact) mass is 766 g/mol. The first-order valence-corrected chi connectivity index (χ1v) is 20.7. The van der Waals surface area contributed by atoms with Gasteiger partial charge in [-0.25, -0.2) is 4.79 Å². The smallest absolute Gasteiger partial charge is 0.462 e. The van der Waals surface area contributed by atoms with Gasteiger partial charge in [0.25, 0.3) is 0 Å². The molecular weight excluding hydrogens is 722 g/mol. The zero-order valence-corrected chi connectivity index (χ0v) is 30.0. The number of esters is 3. The van der Waals surface area contributed by atoms with Crippen LogP contribution in [0.5, 0.6) is 0 Å². The third-order valence-corrected chi connectivity index (χ3v) is 16.5. The maximum absolute atomic E-state index is 14.3. The maximum atomic E-state index is 14.3. The molecule has 12 saturated carbocycles. The number of ketones is 2. The predicted molar refractivity (Wildman–Crippen MR) is 171 cm³/mol. The van der Waals surface area contributed by atoms with Gasteiger partial charge in [-0.2, -0.15) is 17.2 Å². The third kappa shape index (κ3) is 4.92. The Balaban J connectivity index is 0.881. The van der Waals surface area contributed by atoms with Crippen molar-refractivity contribution < 1.29 is 69.4 Å². The Kier molecular flexibility index (Phi) is 7.28. The molecule has 1 N–H and O–H groups in total. The van der Waals surface area contributed by atoms with E-state index in [4.69, 9.17) is 28.2 Å². The van der Waals surface area contributed by atoms with Gasteiger partial charge in [-0.05, 0) is 108 Å². The Labute approximate surface area is 304 Å². The van der Waals surface area contributed by atoms with Gasteiger partial charge in [0, 0.05) is 35.5 Å². The molecule has 290 valence electrons. The fraction of sp³-hybridized carbons (Fsp3) is 0.865. The minimum atomic E-state index is -6.06. The van der Waals surface area contributed by atoms with Crippen LogP contribution in [0.25, 0.3) is 0 Å². The van der Waals surface area contributed by atoms with Gasteiger partial charge in [-0.15, -0.1) is 0 Å². The second kappa shape index (κ2) is 11.1. The molecule has 16 heteroatoms. The van der Waals surface area contributed by atoms with Gasteiger partial charge in [0.1, 0.15) is 42.6 Å². The Morgan fingerprint density at radius 1 is 0.717 bits per heavy atom. The fourth-order valence-corrected chi connectivity index (χ4v) is 14.3. The fourth-order valence-electron chi connectivity index (χ4n) is 14.0. The van der Waals surface area contributed by atoms with E-state index < -0.39 is 67.6 Å². The summed E-state index contributed by atoms with van der Waals surface area (Å²) in [5.74, 6) is -4.85. The number of ether oxygens (including phenoxy) is 5. The molecule has 13 nitrogen and oxygen atoms in total. The minimum absolute atomic E-state index is 0.0366. The molecule has 13 fully saturated rings. The summed E-state index contributed by atoms with van der Waals surface area (Å²) in [5.41, 5.74) is -2.87. The minimum Gasteiger partial charge on any atom is -0.462 e. The van der Waals surface area contributed by atoms with Crippen LogP contribution in [0.4, 0.5) is 8.78 Å². The lowest BCUT2D eigenvalue weighted by Gasteiger charge is -2.62. The van der Waals surface area contributed by atoms with E-state index in [1.165, 1.54) is 0 Å². The van der Waals surface area contributed by atoms with Crippen LogP contribution >= 0.6 is 0 Å². The molecule has 53 heavy (non-hydrogen) atoms. The molecule has 12 bridgehead atoms. The summed E-state index contributed by atoms with van der Waals surface area (Å²) in [6, 6.07) is 0. The van der Waals surface area contributed by atoms with Gasteiger partial charge in [0.15, 0.2) is 5.79 Å². The summed E-state index contributed by atoms with van der Waals surface area (Å²) in [6.45, 7) is -0.401. The average Bonchev–Trinajstić information content (AvgIpc) is 3.66. The molecule has 0 aromatic carbocycles. The number of hydrogen-bond acceptors (Lipinski definition) is 12. The summed E-state index contributed by atoms with van der Waals surface area (Å²) in [6.07, 6.45) is 5.32. The van der Waals surface area contributed by atoms with Crippen molar-refractivity contribution in [3.63, 3.8) is 0 Å². The number of carbonyl (C=O) groups is 5. The van der Waals surface area contributed by atoms with Crippen molar-refractivity contribution in [3.05, 3.63) is 0 Å². The molecule has 1 aliphatic heterocycles. The number of halogens is 2. The van der Waals surface area contributed by atoms with E-state index in [0.717, 1.165) is 19.3 Å². The van der Waals surface area contributed by atoms with Crippen LogP contribution in [0.15, 0.2) is 0 Å². The Hall–Kier alpha value is -2.56. The predicted octanol–water partition coefficient (Wildman–Crippen LogP) is 3.56. The Morgan fingerprint density at radius 2 is 1.25 bits per heavy atom. The number of carbonyl (C=O) groups excluding carboxylic acids is 5. The second-order valence-electron chi connectivity index (χ2n) is 18.8. The molecular formula is C37H44F2O13S. The summed E-state index contributed by atoms with van der Waals surface area (Å²) in [5, 5.41) is -5.13. The lowest BCUT2D eigenvalue weighted by Crippen LogP contribution is -2.66. The van der Waals surface area contributed by atoms with E-state index in [1.807, 2.05) is 0 Å². The van der Waals surface area contributed by atoms with Gasteiger partial charge in [0.05, 0.1) is 10.8 Å². The van der Waals surface area contributed by atoms with Crippen molar-refractivity contribution in [2.24, 2.45) is 64.1 Å². The van der Waals surface area contributed by atoms with Gasteiger partial charge >= 0.3 is 33.3 Å². The highest BCUT2D eigenvalue weighted by Crippen LogP contribution is 2.66. The van der Waals surface area contributed by atoms with Crippen molar-refractivity contribution in [3.8, 4) is 0 Å². The van der Waals surface area contributed by atoms with Gasteiger partial charge in [0.2, 0.25) is 0 Å². The van der Waals surface area contributed by atoms with Crippen LogP contribution in [-0.2, 0) is 57.8 Å². The maximum Gasteiger partial charge on any atom is 0.465 e. The molecule has 1 saturated heterocycles. The van der Waals surface area contributed by atoms with Gasteiger partial charge in [-0.3, -0.25) is 23.7 Å². The van der Waals surface area contributed by atoms with Crippen LogP contribution < -0.4 is 0 Å². The normalized spacial score (nSPS) is 49.7. The van der Waals surface area contributed by atoms with E-state index in [1.54, 1.807) is 0 Å². The van der Waals surface area contributed by atoms with Gasteiger partial charge < -0.3 is 23.7 Å². The van der Waals surface area contributed by atoms with Crippen molar-refractivity contribution in [2.45, 2.75) is 119 Å². The van der Waals surface area contributed by atoms with E-state index in [2.05, 4.69) is 0 Å². The second-order valence-corrected chi connectivity index (χ2v) is 20.2. The van der Waals surface area contributed by atoms with E-state index in [-0.39, 0.29) is 91.5 Å². The van der Waals surface area contributed by atoms with E-state index in [9.17, 15) is 41.2 Å². The van der Waals surface area contributed by atoms with Crippen LogP contribution in [0.1, 0.15) is 89.9 Å². The number of Topliss-reactive ketones (excluding diaryl/α,β-unsaturated/α-hetero) is 2. The number of alkyl halides is 2. The van der Waals surface area contributed by atoms with Crippen LogP contribution in [0.2, 0.25) is 0 Å². The largest absolute Gasteiger partial charge is 0.465 e. The van der Waals surface area contributed by atoms with Crippen LogP contribution in [0, 0.1) is 64.1 Å². The van der Waals surface area contributed by atoms with Crippen molar-refractivity contribution in [1.29, 1.82) is 0 Å². The molecule has 0 amide bonds. The van der Waals surface area contributed by atoms with Crippen molar-refractivity contribution in [1.82, 2.24) is 0 Å². The van der Waals surface area contributed by atoms with Crippen LogP contribution in [0.3, 0.4) is 0 Å². The first kappa shape index (κ1) is 34.9. The lowest BCUT2D eigenvalue weighted by atomic mass is 9.49. The zero-order chi connectivity index (χ0) is 37.1. The Bertz CT molecular complexity index is 1780. The highest BCUT2D eigenvalue weighted by atomic mass is 32.2. The number of hydrogen-bond donors (Lipinski definition) is 1. The van der Waals surface area contributed by atoms with E-state index >= 15 is 0 Å². The first-order valence-electron chi connectivity index (χ1n) is 19.3. The Morgan fingerprint density at radius 3 is 1.77 bits per heavy atom. The summed E-state index contributed by atoms with van der Waals surface area (Å²) in [4.78, 5) is 65.6. The van der Waals surface area contributed by atoms with Crippen molar-refractivity contribution >= 4 is 39.6 Å². The molecule has 10 unspecified atom stereocenters. The highest BCUT2D eigenvalue weighted by molar-refractivity contribution is 7.87. The zero-order valence-electron chi connectivity index (χ0n) is 29.2. The first-order chi connectivity index (χ1) is 24.9. The third-order valence-electron chi connectivity index (χ3n) is 15.7. The molecule has 13 aliphatic rings. The molecule has 0 aromatic rings. The topological polar surface area (TPSA) is 186 Å². The average molecular weight is 767 g/mol.